The van der Waals surface area contributed by atoms with Gasteiger partial charge in [0.25, 0.3) is 0 Å². The molecule has 36 valence electrons. The van der Waals surface area contributed by atoms with Crippen molar-refractivity contribution in [3.05, 3.63) is 0 Å². The van der Waals surface area contributed by atoms with E-state index < -0.39 is 0 Å². The average Bonchev–Trinajstić information content (AvgIpc) is 1.36. The van der Waals surface area contributed by atoms with Crippen molar-refractivity contribution in [3.63, 3.8) is 0 Å². The van der Waals surface area contributed by atoms with Gasteiger partial charge in [-0.25, -0.2) is 0 Å². The third-order valence-corrected chi connectivity index (χ3v) is 0.496. The Balaban J connectivity index is -0.000000125. The Morgan fingerprint density at radius 3 is 1.29 bits per heavy atom. The molecule has 0 rings (SSSR count). The number of hydrogen-bond acceptors (Lipinski definition) is 2. The maximum Gasteiger partial charge on any atom is 1.00 e. The first kappa shape index (κ1) is 10.9. The zero-order valence-electron chi connectivity index (χ0n) is 5.82. The van der Waals surface area contributed by atoms with Crippen LogP contribution in [0, 0.1) is 0 Å². The summed E-state index contributed by atoms with van der Waals surface area (Å²) in [6, 6.07) is 0. The Labute approximate surface area is 86.6 Å². The molecule has 0 radical (unpaired) electrons. The van der Waals surface area contributed by atoms with Gasteiger partial charge < -0.3 is 1.43 Å². The maximum atomic E-state index is 9.79. The van der Waals surface area contributed by atoms with Crippen molar-refractivity contribution in [1.82, 2.24) is 0 Å². The van der Waals surface area contributed by atoms with Crippen LogP contribution < -0.4 is 51.4 Å². The molecule has 0 aliphatic heterocycles. The van der Waals surface area contributed by atoms with Gasteiger partial charge in [-0.3, -0.25) is 9.59 Å². The van der Waals surface area contributed by atoms with Crippen LogP contribution in [0.5, 0.6) is 0 Å². The van der Waals surface area contributed by atoms with Crippen molar-refractivity contribution in [2.75, 3.05) is 0 Å². The van der Waals surface area contributed by atoms with E-state index in [-0.39, 0.29) is 64.4 Å². The minimum atomic E-state index is -0.380. The standard InChI is InChI=1S/C4H6O2.K.H/c1-3(5)4(2)6;;/h1-2H3;;/q;+1;-1. The largest absolute Gasteiger partial charge is 1.00 e. The smallest absolute Gasteiger partial charge is 1.00 e. The molecule has 0 atom stereocenters. The summed E-state index contributed by atoms with van der Waals surface area (Å²) in [6.07, 6.45) is 0. The molecule has 0 aromatic heterocycles. The zero-order chi connectivity index (χ0) is 5.15. The molecule has 2 nitrogen and oxygen atoms in total. The topological polar surface area (TPSA) is 34.1 Å². The van der Waals surface area contributed by atoms with E-state index in [9.17, 15) is 9.59 Å². The second kappa shape index (κ2) is 5.12. The van der Waals surface area contributed by atoms with E-state index in [0.717, 1.165) is 0 Å². The summed E-state index contributed by atoms with van der Waals surface area (Å²) in [6.45, 7) is 2.50. The number of hydrogen-bond donors (Lipinski definition) is 0. The number of ketones is 2. The minimum Gasteiger partial charge on any atom is -1.00 e. The van der Waals surface area contributed by atoms with Crippen LogP contribution in [0.15, 0.2) is 0 Å². The van der Waals surface area contributed by atoms with Gasteiger partial charge in [0.15, 0.2) is 11.6 Å². The van der Waals surface area contributed by atoms with E-state index in [1.54, 1.807) is 0 Å². The van der Waals surface area contributed by atoms with Gasteiger partial charge in [0.05, 0.1) is 0 Å². The van der Waals surface area contributed by atoms with E-state index in [4.69, 9.17) is 0 Å². The Bertz CT molecular complexity index is 80.0. The van der Waals surface area contributed by atoms with E-state index in [1.807, 2.05) is 0 Å². The van der Waals surface area contributed by atoms with Crippen LogP contribution in [0.25, 0.3) is 0 Å². The third kappa shape index (κ3) is 6.98. The molecule has 0 unspecified atom stereocenters. The number of carbonyl (C=O) groups excluding carboxylic acids is 2. The fourth-order valence-corrected chi connectivity index (χ4v) is 0. The van der Waals surface area contributed by atoms with Gasteiger partial charge in [-0.1, -0.05) is 0 Å². The monoisotopic (exact) mass is 126 g/mol. The molecule has 0 aliphatic carbocycles. The van der Waals surface area contributed by atoms with Gasteiger partial charge in [0, 0.05) is 13.8 Å². The van der Waals surface area contributed by atoms with Gasteiger partial charge in [-0.2, -0.15) is 0 Å². The molecular weight excluding hydrogens is 119 g/mol. The van der Waals surface area contributed by atoms with Gasteiger partial charge >= 0.3 is 51.4 Å². The third-order valence-electron chi connectivity index (χ3n) is 0.496. The molecule has 3 heteroatoms. The van der Waals surface area contributed by atoms with Crippen molar-refractivity contribution in [2.45, 2.75) is 13.8 Å². The van der Waals surface area contributed by atoms with Crippen LogP contribution in [0.1, 0.15) is 15.3 Å². The van der Waals surface area contributed by atoms with Gasteiger partial charge in [0.1, 0.15) is 0 Å². The Morgan fingerprint density at radius 1 is 1.14 bits per heavy atom. The van der Waals surface area contributed by atoms with Crippen LogP contribution in [0.3, 0.4) is 0 Å². The van der Waals surface area contributed by atoms with Crippen molar-refractivity contribution < 1.29 is 62.4 Å². The molecule has 0 aliphatic rings. The summed E-state index contributed by atoms with van der Waals surface area (Å²) in [5.41, 5.74) is 0. The summed E-state index contributed by atoms with van der Waals surface area (Å²) in [7, 11) is 0. The van der Waals surface area contributed by atoms with Crippen molar-refractivity contribution >= 4 is 11.6 Å². The molecule has 0 saturated carbocycles. The fraction of sp³-hybridized carbons (Fsp3) is 0.500. The van der Waals surface area contributed by atoms with Crippen LogP contribution in [-0.2, 0) is 9.59 Å². The molecule has 0 saturated heterocycles. The minimum absolute atomic E-state index is 0. The first-order chi connectivity index (χ1) is 2.64. The van der Waals surface area contributed by atoms with Crippen molar-refractivity contribution in [1.29, 1.82) is 0 Å². The fourth-order valence-electron chi connectivity index (χ4n) is 0. The molecular formula is C4H7KO2. The second-order valence-electron chi connectivity index (χ2n) is 1.11. The van der Waals surface area contributed by atoms with Crippen LogP contribution in [-0.4, -0.2) is 11.6 Å². The summed E-state index contributed by atoms with van der Waals surface area (Å²) < 4.78 is 0. The van der Waals surface area contributed by atoms with Crippen molar-refractivity contribution in [2.24, 2.45) is 0 Å². The normalized spacial score (nSPS) is 6.57. The van der Waals surface area contributed by atoms with Crippen LogP contribution in [0.4, 0.5) is 0 Å². The average molecular weight is 126 g/mol. The molecule has 0 heterocycles. The number of carbonyl (C=O) groups is 2. The Hall–Kier alpha value is 0.976. The van der Waals surface area contributed by atoms with Crippen LogP contribution >= 0.6 is 0 Å². The van der Waals surface area contributed by atoms with Crippen molar-refractivity contribution in [3.8, 4) is 0 Å². The first-order valence-electron chi connectivity index (χ1n) is 1.66. The number of Topliss-reactive ketones (excluding diaryl/α,β-unsaturated/α-hetero) is 2. The van der Waals surface area contributed by atoms with E-state index in [0.29, 0.717) is 0 Å². The first-order valence-corrected chi connectivity index (χ1v) is 1.66. The molecule has 0 N–H and O–H groups in total. The SMILES string of the molecule is CC(=O)C(C)=O.[H-].[K+]. The summed E-state index contributed by atoms with van der Waals surface area (Å²) in [4.78, 5) is 19.6. The summed E-state index contributed by atoms with van der Waals surface area (Å²) >= 11 is 0. The second-order valence-corrected chi connectivity index (χ2v) is 1.11. The number of rotatable bonds is 1. The van der Waals surface area contributed by atoms with Gasteiger partial charge in [-0.15, -0.1) is 0 Å². The maximum absolute atomic E-state index is 9.79. The van der Waals surface area contributed by atoms with Gasteiger partial charge in [-0.05, 0) is 0 Å². The van der Waals surface area contributed by atoms with Crippen LogP contribution in [0.2, 0.25) is 0 Å². The molecule has 0 fully saturated rings. The molecule has 0 aromatic rings. The van der Waals surface area contributed by atoms with Gasteiger partial charge in [0.2, 0.25) is 0 Å². The van der Waals surface area contributed by atoms with E-state index in [2.05, 4.69) is 0 Å². The molecule has 0 bridgehead atoms. The predicted octanol–water partition coefficient (Wildman–Crippen LogP) is -2.72. The molecule has 0 aromatic carbocycles. The zero-order valence-corrected chi connectivity index (χ0v) is 7.94. The molecule has 0 amide bonds. The summed E-state index contributed by atoms with van der Waals surface area (Å²) in [5, 5.41) is 0. The Kier molecular flexibility index (Phi) is 7.95. The van der Waals surface area contributed by atoms with E-state index in [1.165, 1.54) is 13.8 Å². The quantitative estimate of drug-likeness (QED) is 0.282. The van der Waals surface area contributed by atoms with E-state index >= 15 is 0 Å². The molecule has 0 spiro atoms. The molecule has 7 heavy (non-hydrogen) atoms. The summed E-state index contributed by atoms with van der Waals surface area (Å²) in [5.74, 6) is -0.759. The Morgan fingerprint density at radius 2 is 1.29 bits per heavy atom. The predicted molar refractivity (Wildman–Crippen MR) is 22.5 cm³/mol.